The van der Waals surface area contributed by atoms with Crippen molar-refractivity contribution in [3.8, 4) is 5.75 Å². The van der Waals surface area contributed by atoms with E-state index in [4.69, 9.17) is 4.74 Å². The van der Waals surface area contributed by atoms with Gasteiger partial charge in [0.05, 0.1) is 12.0 Å². The minimum absolute atomic E-state index is 0.150. The van der Waals surface area contributed by atoms with Gasteiger partial charge in [0.1, 0.15) is 5.75 Å². The number of anilines is 1. The number of sulfonamides is 1. The predicted molar refractivity (Wildman–Crippen MR) is 119 cm³/mol. The topological polar surface area (TPSA) is 75.7 Å². The van der Waals surface area contributed by atoms with E-state index >= 15 is 0 Å². The summed E-state index contributed by atoms with van der Waals surface area (Å²) in [5.74, 6) is -1.80. The van der Waals surface area contributed by atoms with Crippen LogP contribution in [0.15, 0.2) is 71.6 Å². The molecule has 0 unspecified atom stereocenters. The number of carbonyl (C=O) groups excluding carboxylic acids is 1. The molecule has 0 radical (unpaired) electrons. The highest BCUT2D eigenvalue weighted by Crippen LogP contribution is 2.30. The number of rotatable bonds is 8. The maximum atomic E-state index is 13.4. The molecule has 0 bridgehead atoms. The average Bonchev–Trinajstić information content (AvgIpc) is 3.65. The van der Waals surface area contributed by atoms with Crippen LogP contribution in [0.2, 0.25) is 0 Å². The van der Waals surface area contributed by atoms with Crippen molar-refractivity contribution in [1.82, 2.24) is 4.90 Å². The number of nitrogens with zero attached hydrogens (tertiary/aromatic N) is 1. The summed E-state index contributed by atoms with van der Waals surface area (Å²) in [6.45, 7) is 0.456. The fourth-order valence-corrected chi connectivity index (χ4v) is 4.46. The highest BCUT2D eigenvalue weighted by molar-refractivity contribution is 7.92. The van der Waals surface area contributed by atoms with Crippen LogP contribution in [0.25, 0.3) is 0 Å². The lowest BCUT2D eigenvalue weighted by atomic mass is 10.1. The van der Waals surface area contributed by atoms with Gasteiger partial charge in [-0.1, -0.05) is 12.1 Å². The second-order valence-corrected chi connectivity index (χ2v) is 9.45. The standard InChI is InChI=1S/C24H22F2N2O4S/c1-32-20-10-2-16(3-11-20)15-28(19-8-9-19)24(29)17-4-6-18(7-5-17)27-33(30,31)21-12-13-22(25)23(26)14-21/h2-7,10-14,19,27H,8-9,15H2,1H3. The van der Waals surface area contributed by atoms with E-state index in [-0.39, 0.29) is 17.6 Å². The van der Waals surface area contributed by atoms with Crippen molar-refractivity contribution >= 4 is 21.6 Å². The zero-order valence-corrected chi connectivity index (χ0v) is 18.6. The molecule has 0 atom stereocenters. The molecule has 1 aliphatic rings. The average molecular weight is 473 g/mol. The molecule has 4 rings (SSSR count). The van der Waals surface area contributed by atoms with E-state index < -0.39 is 26.6 Å². The fraction of sp³-hybridized carbons (Fsp3) is 0.208. The second-order valence-electron chi connectivity index (χ2n) is 7.77. The number of carbonyl (C=O) groups is 1. The maximum absolute atomic E-state index is 13.4. The van der Waals surface area contributed by atoms with E-state index in [1.807, 2.05) is 29.2 Å². The third kappa shape index (κ3) is 5.31. The van der Waals surface area contributed by atoms with E-state index in [1.54, 1.807) is 7.11 Å². The highest BCUT2D eigenvalue weighted by Gasteiger charge is 2.33. The van der Waals surface area contributed by atoms with Crippen LogP contribution in [-0.4, -0.2) is 32.4 Å². The van der Waals surface area contributed by atoms with Gasteiger partial charge in [-0.05, 0) is 73.0 Å². The molecule has 0 aliphatic heterocycles. The SMILES string of the molecule is COc1ccc(CN(C(=O)c2ccc(NS(=O)(=O)c3ccc(F)c(F)c3)cc2)C2CC2)cc1. The number of benzene rings is 3. The number of halogens is 2. The number of amides is 1. The first-order chi connectivity index (χ1) is 15.8. The van der Waals surface area contributed by atoms with Gasteiger partial charge in [0, 0.05) is 23.8 Å². The first-order valence-electron chi connectivity index (χ1n) is 10.3. The zero-order chi connectivity index (χ0) is 23.6. The van der Waals surface area contributed by atoms with Crippen LogP contribution >= 0.6 is 0 Å². The smallest absolute Gasteiger partial charge is 0.261 e. The lowest BCUT2D eigenvalue weighted by molar-refractivity contribution is 0.0730. The Hall–Kier alpha value is -3.46. The summed E-state index contributed by atoms with van der Waals surface area (Å²) < 4.78 is 58.9. The first kappa shape index (κ1) is 22.7. The number of hydrogen-bond donors (Lipinski definition) is 1. The monoisotopic (exact) mass is 472 g/mol. The Balaban J connectivity index is 1.47. The summed E-state index contributed by atoms with van der Waals surface area (Å²) in [6.07, 6.45) is 1.88. The van der Waals surface area contributed by atoms with Crippen LogP contribution in [0, 0.1) is 11.6 Å². The summed E-state index contributed by atoms with van der Waals surface area (Å²) in [6, 6.07) is 16.0. The lowest BCUT2D eigenvalue weighted by Crippen LogP contribution is -2.32. The van der Waals surface area contributed by atoms with Crippen molar-refractivity contribution in [3.63, 3.8) is 0 Å². The molecule has 1 saturated carbocycles. The van der Waals surface area contributed by atoms with Crippen molar-refractivity contribution in [1.29, 1.82) is 0 Å². The molecule has 0 aromatic heterocycles. The van der Waals surface area contributed by atoms with Gasteiger partial charge in [-0.3, -0.25) is 9.52 Å². The second kappa shape index (κ2) is 9.19. The van der Waals surface area contributed by atoms with Crippen molar-refractivity contribution in [2.45, 2.75) is 30.3 Å². The Morgan fingerprint density at radius 2 is 1.67 bits per heavy atom. The van der Waals surface area contributed by atoms with Gasteiger partial charge >= 0.3 is 0 Å². The van der Waals surface area contributed by atoms with Crippen LogP contribution in [0.1, 0.15) is 28.8 Å². The largest absolute Gasteiger partial charge is 0.497 e. The minimum atomic E-state index is -4.11. The lowest BCUT2D eigenvalue weighted by Gasteiger charge is -2.23. The van der Waals surface area contributed by atoms with Gasteiger partial charge in [-0.15, -0.1) is 0 Å². The van der Waals surface area contributed by atoms with E-state index in [1.165, 1.54) is 24.3 Å². The molecule has 172 valence electrons. The van der Waals surface area contributed by atoms with Gasteiger partial charge in [0.2, 0.25) is 0 Å². The maximum Gasteiger partial charge on any atom is 0.261 e. The number of nitrogens with one attached hydrogen (secondary N) is 1. The quantitative estimate of drug-likeness (QED) is 0.521. The first-order valence-corrected chi connectivity index (χ1v) is 11.8. The fourth-order valence-electron chi connectivity index (χ4n) is 3.39. The van der Waals surface area contributed by atoms with Gasteiger partial charge in [0.15, 0.2) is 11.6 Å². The van der Waals surface area contributed by atoms with E-state index in [0.717, 1.165) is 36.3 Å². The molecule has 0 saturated heterocycles. The van der Waals surface area contributed by atoms with Gasteiger partial charge in [0.25, 0.3) is 15.9 Å². The predicted octanol–water partition coefficient (Wildman–Crippen LogP) is 4.58. The van der Waals surface area contributed by atoms with Crippen molar-refractivity contribution in [2.24, 2.45) is 0 Å². The summed E-state index contributed by atoms with van der Waals surface area (Å²) in [7, 11) is -2.52. The van der Waals surface area contributed by atoms with E-state index in [0.29, 0.717) is 18.2 Å². The Labute approximate surface area is 190 Å². The van der Waals surface area contributed by atoms with Crippen LogP contribution in [-0.2, 0) is 16.6 Å². The Morgan fingerprint density at radius 3 is 2.24 bits per heavy atom. The van der Waals surface area contributed by atoms with E-state index in [9.17, 15) is 22.0 Å². The Morgan fingerprint density at radius 1 is 1.00 bits per heavy atom. The van der Waals surface area contributed by atoms with Gasteiger partial charge in [-0.2, -0.15) is 0 Å². The number of ether oxygens (including phenoxy) is 1. The molecular weight excluding hydrogens is 450 g/mol. The van der Waals surface area contributed by atoms with Crippen LogP contribution in [0.5, 0.6) is 5.75 Å². The molecule has 1 fully saturated rings. The molecule has 0 spiro atoms. The van der Waals surface area contributed by atoms with E-state index in [2.05, 4.69) is 4.72 Å². The normalized spacial score (nSPS) is 13.4. The van der Waals surface area contributed by atoms with Crippen LogP contribution in [0.4, 0.5) is 14.5 Å². The molecule has 33 heavy (non-hydrogen) atoms. The summed E-state index contributed by atoms with van der Waals surface area (Å²) in [4.78, 5) is 14.5. The van der Waals surface area contributed by atoms with Crippen molar-refractivity contribution < 1.29 is 26.7 Å². The van der Waals surface area contributed by atoms with Gasteiger partial charge < -0.3 is 9.64 Å². The number of hydrogen-bond acceptors (Lipinski definition) is 4. The van der Waals surface area contributed by atoms with Crippen LogP contribution < -0.4 is 9.46 Å². The summed E-state index contributed by atoms with van der Waals surface area (Å²) in [5.41, 5.74) is 1.60. The molecule has 9 heteroatoms. The molecule has 0 heterocycles. The molecule has 1 amide bonds. The molecule has 1 aliphatic carbocycles. The van der Waals surface area contributed by atoms with Gasteiger partial charge in [-0.25, -0.2) is 17.2 Å². The third-order valence-corrected chi connectivity index (χ3v) is 6.72. The zero-order valence-electron chi connectivity index (χ0n) is 17.8. The Kier molecular flexibility index (Phi) is 6.33. The number of methoxy groups -OCH3 is 1. The third-order valence-electron chi connectivity index (χ3n) is 5.35. The Bertz CT molecular complexity index is 1260. The molecule has 3 aromatic rings. The molecule has 1 N–H and O–H groups in total. The highest BCUT2D eigenvalue weighted by atomic mass is 32.2. The molecule has 6 nitrogen and oxygen atoms in total. The minimum Gasteiger partial charge on any atom is -0.497 e. The molecule has 3 aromatic carbocycles. The van der Waals surface area contributed by atoms with Crippen LogP contribution in [0.3, 0.4) is 0 Å². The molecular formula is C24H22F2N2O4S. The van der Waals surface area contributed by atoms with Crippen molar-refractivity contribution in [2.75, 3.05) is 11.8 Å². The summed E-state index contributed by atoms with van der Waals surface area (Å²) >= 11 is 0. The van der Waals surface area contributed by atoms with Crippen molar-refractivity contribution in [3.05, 3.63) is 89.5 Å². The summed E-state index contributed by atoms with van der Waals surface area (Å²) in [5, 5.41) is 0.